The van der Waals surface area contributed by atoms with Crippen LogP contribution < -0.4 is 15.4 Å². The number of nitrogens with one attached hydrogen (secondary N) is 1. The van der Waals surface area contributed by atoms with Crippen LogP contribution in [-0.2, 0) is 10.0 Å². The SMILES string of the molecule is NS(=O)(=O)c1ccc(N2CC[C@H]3CNC[C@H]32)nc1. The minimum atomic E-state index is -3.65. The molecule has 7 heteroatoms. The standard InChI is InChI=1S/C11H16N4O2S/c12-18(16,17)9-1-2-11(14-6-9)15-4-3-8-5-13-7-10(8)15/h1-2,6,8,10,13H,3-5,7H2,(H2,12,16,17)/t8-,10+/m0/s1. The fourth-order valence-corrected chi connectivity index (χ4v) is 3.30. The first kappa shape index (κ1) is 11.9. The van der Waals surface area contributed by atoms with Crippen molar-refractivity contribution in [2.45, 2.75) is 17.4 Å². The van der Waals surface area contributed by atoms with Crippen molar-refractivity contribution in [3.63, 3.8) is 0 Å². The van der Waals surface area contributed by atoms with Crippen molar-refractivity contribution >= 4 is 15.8 Å². The first-order valence-corrected chi connectivity index (χ1v) is 7.56. The second-order valence-corrected chi connectivity index (χ2v) is 6.43. The summed E-state index contributed by atoms with van der Waals surface area (Å²) in [6.07, 6.45) is 2.50. The molecule has 3 heterocycles. The second kappa shape index (κ2) is 4.18. The molecule has 2 aliphatic heterocycles. The summed E-state index contributed by atoms with van der Waals surface area (Å²) in [4.78, 5) is 6.54. The molecule has 3 rings (SSSR count). The molecule has 0 amide bonds. The molecule has 6 nitrogen and oxygen atoms in total. The highest BCUT2D eigenvalue weighted by atomic mass is 32.2. The molecule has 1 aromatic heterocycles. The molecule has 3 N–H and O–H groups in total. The number of fused-ring (bicyclic) bond motifs is 1. The molecule has 2 aliphatic rings. The van der Waals surface area contributed by atoms with Crippen LogP contribution in [0.4, 0.5) is 5.82 Å². The molecule has 0 bridgehead atoms. The molecular formula is C11H16N4O2S. The Morgan fingerprint density at radius 2 is 2.22 bits per heavy atom. The van der Waals surface area contributed by atoms with Gasteiger partial charge in [0.05, 0.1) is 0 Å². The van der Waals surface area contributed by atoms with Crippen LogP contribution in [0.25, 0.3) is 0 Å². The van der Waals surface area contributed by atoms with Crippen LogP contribution in [0.5, 0.6) is 0 Å². The summed E-state index contributed by atoms with van der Waals surface area (Å²) < 4.78 is 22.3. The Labute approximate surface area is 106 Å². The van der Waals surface area contributed by atoms with Crippen LogP contribution in [0.3, 0.4) is 0 Å². The van der Waals surface area contributed by atoms with E-state index >= 15 is 0 Å². The lowest BCUT2D eigenvalue weighted by atomic mass is 10.1. The van der Waals surface area contributed by atoms with Crippen LogP contribution in [0, 0.1) is 5.92 Å². The van der Waals surface area contributed by atoms with E-state index in [-0.39, 0.29) is 4.90 Å². The number of hydrogen-bond donors (Lipinski definition) is 2. The Hall–Kier alpha value is -1.18. The minimum absolute atomic E-state index is 0.0616. The zero-order chi connectivity index (χ0) is 12.8. The molecule has 2 fully saturated rings. The van der Waals surface area contributed by atoms with E-state index in [1.807, 2.05) is 0 Å². The minimum Gasteiger partial charge on any atom is -0.352 e. The average molecular weight is 268 g/mol. The van der Waals surface area contributed by atoms with E-state index in [1.165, 1.54) is 12.3 Å². The number of primary sulfonamides is 1. The summed E-state index contributed by atoms with van der Waals surface area (Å²) in [5.74, 6) is 1.52. The fourth-order valence-electron chi connectivity index (χ4n) is 2.84. The third-order valence-corrected chi connectivity index (χ3v) is 4.69. The van der Waals surface area contributed by atoms with Gasteiger partial charge in [0.15, 0.2) is 0 Å². The third-order valence-electron chi connectivity index (χ3n) is 3.79. The highest BCUT2D eigenvalue weighted by Gasteiger charge is 2.37. The van der Waals surface area contributed by atoms with E-state index in [0.29, 0.717) is 12.0 Å². The lowest BCUT2D eigenvalue weighted by molar-refractivity contribution is 0.577. The molecule has 0 spiro atoms. The average Bonchev–Trinajstić information content (AvgIpc) is 2.89. The molecule has 1 aromatic rings. The summed E-state index contributed by atoms with van der Waals surface area (Å²) in [6.45, 7) is 3.03. The van der Waals surface area contributed by atoms with Crippen molar-refractivity contribution in [2.24, 2.45) is 11.1 Å². The number of nitrogens with zero attached hydrogens (tertiary/aromatic N) is 2. The van der Waals surface area contributed by atoms with Crippen LogP contribution in [0.1, 0.15) is 6.42 Å². The smallest absolute Gasteiger partial charge is 0.239 e. The summed E-state index contributed by atoms with van der Waals surface area (Å²) in [6, 6.07) is 3.74. The van der Waals surface area contributed by atoms with Crippen molar-refractivity contribution in [1.82, 2.24) is 10.3 Å². The quantitative estimate of drug-likeness (QED) is 0.757. The van der Waals surface area contributed by atoms with E-state index in [2.05, 4.69) is 15.2 Å². The molecule has 0 aliphatic carbocycles. The lowest BCUT2D eigenvalue weighted by Crippen LogP contribution is -2.34. The number of nitrogens with two attached hydrogens (primary N) is 1. The van der Waals surface area contributed by atoms with Gasteiger partial charge in [-0.3, -0.25) is 0 Å². The normalized spacial score (nSPS) is 27.5. The van der Waals surface area contributed by atoms with Gasteiger partial charge in [-0.2, -0.15) is 0 Å². The molecule has 0 saturated carbocycles. The van der Waals surface area contributed by atoms with Gasteiger partial charge in [-0.05, 0) is 24.5 Å². The Balaban J connectivity index is 1.85. The van der Waals surface area contributed by atoms with E-state index in [9.17, 15) is 8.42 Å². The highest BCUT2D eigenvalue weighted by molar-refractivity contribution is 7.89. The summed E-state index contributed by atoms with van der Waals surface area (Å²) >= 11 is 0. The molecule has 2 saturated heterocycles. The Morgan fingerprint density at radius 1 is 1.39 bits per heavy atom. The van der Waals surface area contributed by atoms with Crippen LogP contribution >= 0.6 is 0 Å². The second-order valence-electron chi connectivity index (χ2n) is 4.86. The van der Waals surface area contributed by atoms with E-state index in [1.54, 1.807) is 6.07 Å². The van der Waals surface area contributed by atoms with Crippen molar-refractivity contribution in [2.75, 3.05) is 24.5 Å². The Bertz CT molecular complexity index is 543. The van der Waals surface area contributed by atoms with Gasteiger partial charge in [-0.15, -0.1) is 0 Å². The largest absolute Gasteiger partial charge is 0.352 e. The zero-order valence-electron chi connectivity index (χ0n) is 9.91. The zero-order valence-corrected chi connectivity index (χ0v) is 10.7. The maximum Gasteiger partial charge on any atom is 0.239 e. The van der Waals surface area contributed by atoms with Crippen molar-refractivity contribution < 1.29 is 8.42 Å². The van der Waals surface area contributed by atoms with Crippen LogP contribution in [0.15, 0.2) is 23.2 Å². The Kier molecular flexibility index (Phi) is 2.76. The lowest BCUT2D eigenvalue weighted by Gasteiger charge is -2.24. The molecule has 0 aromatic carbocycles. The van der Waals surface area contributed by atoms with E-state index in [0.717, 1.165) is 31.9 Å². The van der Waals surface area contributed by atoms with Gasteiger partial charge < -0.3 is 10.2 Å². The summed E-state index contributed by atoms with van der Waals surface area (Å²) in [5.41, 5.74) is 0. The maximum atomic E-state index is 11.2. The van der Waals surface area contributed by atoms with Crippen molar-refractivity contribution in [3.05, 3.63) is 18.3 Å². The molecule has 2 atom stereocenters. The van der Waals surface area contributed by atoms with Gasteiger partial charge in [0, 0.05) is 31.9 Å². The monoisotopic (exact) mass is 268 g/mol. The van der Waals surface area contributed by atoms with Crippen LogP contribution in [0.2, 0.25) is 0 Å². The molecule has 98 valence electrons. The fraction of sp³-hybridized carbons (Fsp3) is 0.545. The summed E-state index contributed by atoms with van der Waals surface area (Å²) in [7, 11) is -3.65. The number of anilines is 1. The van der Waals surface area contributed by atoms with E-state index in [4.69, 9.17) is 5.14 Å². The van der Waals surface area contributed by atoms with E-state index < -0.39 is 10.0 Å². The molecule has 18 heavy (non-hydrogen) atoms. The number of aromatic nitrogens is 1. The molecule has 0 unspecified atom stereocenters. The van der Waals surface area contributed by atoms with Crippen LogP contribution in [-0.4, -0.2) is 39.1 Å². The topological polar surface area (TPSA) is 88.3 Å². The van der Waals surface area contributed by atoms with Gasteiger partial charge >= 0.3 is 0 Å². The van der Waals surface area contributed by atoms with Crippen molar-refractivity contribution in [1.29, 1.82) is 0 Å². The van der Waals surface area contributed by atoms with Gasteiger partial charge in [0.1, 0.15) is 10.7 Å². The number of hydrogen-bond acceptors (Lipinski definition) is 5. The van der Waals surface area contributed by atoms with Gasteiger partial charge in [-0.25, -0.2) is 18.5 Å². The molecule has 0 radical (unpaired) electrons. The number of sulfonamides is 1. The third kappa shape index (κ3) is 1.98. The van der Waals surface area contributed by atoms with Gasteiger partial charge in [-0.1, -0.05) is 0 Å². The Morgan fingerprint density at radius 3 is 2.89 bits per heavy atom. The number of rotatable bonds is 2. The van der Waals surface area contributed by atoms with Gasteiger partial charge in [0.25, 0.3) is 0 Å². The first-order valence-electron chi connectivity index (χ1n) is 6.02. The van der Waals surface area contributed by atoms with Gasteiger partial charge in [0.2, 0.25) is 10.0 Å². The predicted octanol–water partition coefficient (Wildman–Crippen LogP) is -0.473. The predicted molar refractivity (Wildman–Crippen MR) is 67.7 cm³/mol. The van der Waals surface area contributed by atoms with Crippen molar-refractivity contribution in [3.8, 4) is 0 Å². The first-order chi connectivity index (χ1) is 8.55. The highest BCUT2D eigenvalue weighted by Crippen LogP contribution is 2.30. The maximum absolute atomic E-state index is 11.2. The summed E-state index contributed by atoms with van der Waals surface area (Å²) in [5, 5.41) is 8.43. The molecular weight excluding hydrogens is 252 g/mol. The number of pyridine rings is 1.